The molecule has 3 rings (SSSR count). The van der Waals surface area contributed by atoms with Crippen molar-refractivity contribution in [3.63, 3.8) is 0 Å². The summed E-state index contributed by atoms with van der Waals surface area (Å²) in [5.41, 5.74) is 3.28. The molecule has 0 atom stereocenters. The fraction of sp³-hybridized carbons (Fsp3) is 0.235. The summed E-state index contributed by atoms with van der Waals surface area (Å²) in [6, 6.07) is 10.2. The SMILES string of the molecule is Cc1ccc(CC(=O)Nc2nnc(Cc3cccs3)o2)c(C)c1. The number of rotatable bonds is 5. The van der Waals surface area contributed by atoms with Gasteiger partial charge in [0.05, 0.1) is 12.8 Å². The van der Waals surface area contributed by atoms with E-state index in [1.54, 1.807) is 11.3 Å². The van der Waals surface area contributed by atoms with Crippen molar-refractivity contribution in [2.45, 2.75) is 26.7 Å². The normalized spacial score (nSPS) is 10.7. The maximum Gasteiger partial charge on any atom is 0.322 e. The second-order valence-electron chi connectivity index (χ2n) is 5.41. The topological polar surface area (TPSA) is 68.0 Å². The number of anilines is 1. The van der Waals surface area contributed by atoms with Gasteiger partial charge >= 0.3 is 6.01 Å². The molecule has 0 saturated heterocycles. The summed E-state index contributed by atoms with van der Waals surface area (Å²) >= 11 is 1.63. The van der Waals surface area contributed by atoms with Crippen LogP contribution in [0.1, 0.15) is 27.5 Å². The van der Waals surface area contributed by atoms with Crippen molar-refractivity contribution < 1.29 is 9.21 Å². The lowest BCUT2D eigenvalue weighted by Gasteiger charge is -2.06. The highest BCUT2D eigenvalue weighted by molar-refractivity contribution is 7.09. The zero-order valence-electron chi connectivity index (χ0n) is 13.0. The molecule has 23 heavy (non-hydrogen) atoms. The monoisotopic (exact) mass is 327 g/mol. The summed E-state index contributed by atoms with van der Waals surface area (Å²) in [4.78, 5) is 13.2. The molecule has 1 amide bonds. The lowest BCUT2D eigenvalue weighted by molar-refractivity contribution is -0.115. The Morgan fingerprint density at radius 1 is 1.26 bits per heavy atom. The molecule has 118 valence electrons. The van der Waals surface area contributed by atoms with Gasteiger partial charge in [0.25, 0.3) is 0 Å². The van der Waals surface area contributed by atoms with Gasteiger partial charge in [0.2, 0.25) is 11.8 Å². The van der Waals surface area contributed by atoms with Crippen LogP contribution in [0.5, 0.6) is 0 Å². The Balaban J connectivity index is 1.60. The van der Waals surface area contributed by atoms with Gasteiger partial charge in [0.15, 0.2) is 0 Å². The first-order valence-electron chi connectivity index (χ1n) is 7.31. The molecule has 1 N–H and O–H groups in total. The molecule has 0 spiro atoms. The number of aromatic nitrogens is 2. The Morgan fingerprint density at radius 2 is 2.13 bits per heavy atom. The number of aryl methyl sites for hydroxylation is 2. The third-order valence-corrected chi connectivity index (χ3v) is 4.34. The van der Waals surface area contributed by atoms with Gasteiger partial charge in [-0.15, -0.1) is 16.4 Å². The molecule has 0 unspecified atom stereocenters. The maximum absolute atomic E-state index is 12.1. The minimum absolute atomic E-state index is 0.145. The van der Waals surface area contributed by atoms with Crippen molar-refractivity contribution in [3.05, 3.63) is 63.2 Å². The van der Waals surface area contributed by atoms with Gasteiger partial charge in [-0.05, 0) is 36.4 Å². The Morgan fingerprint density at radius 3 is 2.87 bits per heavy atom. The van der Waals surface area contributed by atoms with Gasteiger partial charge in [0.1, 0.15) is 0 Å². The molecule has 0 fully saturated rings. The third-order valence-electron chi connectivity index (χ3n) is 3.47. The lowest BCUT2D eigenvalue weighted by atomic mass is 10.0. The van der Waals surface area contributed by atoms with E-state index in [2.05, 4.69) is 21.6 Å². The molecule has 5 nitrogen and oxygen atoms in total. The van der Waals surface area contributed by atoms with Crippen LogP contribution >= 0.6 is 11.3 Å². The largest absolute Gasteiger partial charge is 0.407 e. The summed E-state index contributed by atoms with van der Waals surface area (Å²) in [5.74, 6) is 0.331. The van der Waals surface area contributed by atoms with E-state index in [-0.39, 0.29) is 18.3 Å². The fourth-order valence-electron chi connectivity index (χ4n) is 2.32. The van der Waals surface area contributed by atoms with Crippen molar-refractivity contribution in [1.29, 1.82) is 0 Å². The number of carbonyl (C=O) groups is 1. The molecule has 0 aliphatic carbocycles. The van der Waals surface area contributed by atoms with E-state index in [1.807, 2.05) is 43.5 Å². The predicted molar refractivity (Wildman–Crippen MR) is 89.7 cm³/mol. The van der Waals surface area contributed by atoms with Crippen LogP contribution in [0.15, 0.2) is 40.1 Å². The second-order valence-corrected chi connectivity index (χ2v) is 6.44. The van der Waals surface area contributed by atoms with Crippen molar-refractivity contribution in [1.82, 2.24) is 10.2 Å². The molecule has 1 aromatic carbocycles. The molecule has 0 aliphatic rings. The first kappa shape index (κ1) is 15.4. The molecular weight excluding hydrogens is 310 g/mol. The zero-order chi connectivity index (χ0) is 16.2. The van der Waals surface area contributed by atoms with E-state index < -0.39 is 0 Å². The van der Waals surface area contributed by atoms with Crippen LogP contribution in [0.2, 0.25) is 0 Å². The van der Waals surface area contributed by atoms with Crippen LogP contribution in [0.3, 0.4) is 0 Å². The number of hydrogen-bond acceptors (Lipinski definition) is 5. The first-order chi connectivity index (χ1) is 11.1. The van der Waals surface area contributed by atoms with E-state index in [1.165, 1.54) is 5.56 Å². The quantitative estimate of drug-likeness (QED) is 0.778. The summed E-state index contributed by atoms with van der Waals surface area (Å²) in [5, 5.41) is 12.5. The standard InChI is InChI=1S/C17H17N3O2S/c1-11-5-6-13(12(2)8-11)9-15(21)18-17-20-19-16(22-17)10-14-4-3-7-23-14/h3-8H,9-10H2,1-2H3,(H,18,20,21). The lowest BCUT2D eigenvalue weighted by Crippen LogP contribution is -2.15. The minimum Gasteiger partial charge on any atom is -0.407 e. The van der Waals surface area contributed by atoms with E-state index >= 15 is 0 Å². The number of amides is 1. The summed E-state index contributed by atoms with van der Waals surface area (Å²) < 4.78 is 5.47. The van der Waals surface area contributed by atoms with Crippen LogP contribution in [0, 0.1) is 13.8 Å². The highest BCUT2D eigenvalue weighted by atomic mass is 32.1. The number of hydrogen-bond donors (Lipinski definition) is 1. The molecule has 2 aromatic heterocycles. The molecule has 2 heterocycles. The number of nitrogens with one attached hydrogen (secondary N) is 1. The van der Waals surface area contributed by atoms with E-state index in [4.69, 9.17) is 4.42 Å². The van der Waals surface area contributed by atoms with Gasteiger partial charge in [0, 0.05) is 4.88 Å². The average Bonchev–Trinajstić information content (AvgIpc) is 3.15. The number of thiophene rings is 1. The van der Waals surface area contributed by atoms with Gasteiger partial charge < -0.3 is 4.42 Å². The minimum atomic E-state index is -0.164. The molecule has 0 radical (unpaired) electrons. The Hall–Kier alpha value is -2.47. The van der Waals surface area contributed by atoms with Crippen LogP contribution in [0.25, 0.3) is 0 Å². The smallest absolute Gasteiger partial charge is 0.322 e. The van der Waals surface area contributed by atoms with Gasteiger partial charge in [-0.2, -0.15) is 0 Å². The molecule has 0 aliphatic heterocycles. The molecule has 6 heteroatoms. The predicted octanol–water partition coefficient (Wildman–Crippen LogP) is 3.52. The van der Waals surface area contributed by atoms with Gasteiger partial charge in [-0.1, -0.05) is 34.9 Å². The van der Waals surface area contributed by atoms with E-state index in [9.17, 15) is 4.79 Å². The molecule has 3 aromatic rings. The first-order valence-corrected chi connectivity index (χ1v) is 8.19. The molecular formula is C17H17N3O2S. The zero-order valence-corrected chi connectivity index (χ0v) is 13.8. The van der Waals surface area contributed by atoms with Crippen molar-refractivity contribution in [2.75, 3.05) is 5.32 Å². The Kier molecular flexibility index (Phi) is 4.52. The molecule has 0 saturated carbocycles. The maximum atomic E-state index is 12.1. The van der Waals surface area contributed by atoms with Crippen LogP contribution in [0.4, 0.5) is 6.01 Å². The average molecular weight is 327 g/mol. The van der Waals surface area contributed by atoms with Crippen molar-refractivity contribution >= 4 is 23.3 Å². The number of benzene rings is 1. The fourth-order valence-corrected chi connectivity index (χ4v) is 3.01. The highest BCUT2D eigenvalue weighted by Gasteiger charge is 2.12. The summed E-state index contributed by atoms with van der Waals surface area (Å²) in [6.07, 6.45) is 0.867. The summed E-state index contributed by atoms with van der Waals surface area (Å²) in [6.45, 7) is 4.03. The Bertz CT molecular complexity index is 809. The van der Waals surface area contributed by atoms with Crippen molar-refractivity contribution in [3.8, 4) is 0 Å². The second kappa shape index (κ2) is 6.75. The van der Waals surface area contributed by atoms with Crippen LogP contribution in [-0.4, -0.2) is 16.1 Å². The van der Waals surface area contributed by atoms with Crippen LogP contribution in [-0.2, 0) is 17.6 Å². The number of carbonyl (C=O) groups excluding carboxylic acids is 1. The summed E-state index contributed by atoms with van der Waals surface area (Å²) in [7, 11) is 0. The third kappa shape index (κ3) is 4.04. The number of nitrogens with zero attached hydrogens (tertiary/aromatic N) is 2. The molecule has 0 bridgehead atoms. The van der Waals surface area contributed by atoms with Gasteiger partial charge in [-0.25, -0.2) is 0 Å². The highest BCUT2D eigenvalue weighted by Crippen LogP contribution is 2.16. The Labute approximate surface area is 138 Å². The van der Waals surface area contributed by atoms with E-state index in [0.717, 1.165) is 16.0 Å². The van der Waals surface area contributed by atoms with Crippen LogP contribution < -0.4 is 5.32 Å². The van der Waals surface area contributed by atoms with Crippen molar-refractivity contribution in [2.24, 2.45) is 0 Å². The van der Waals surface area contributed by atoms with E-state index in [0.29, 0.717) is 12.3 Å². The van der Waals surface area contributed by atoms with Gasteiger partial charge in [-0.3, -0.25) is 10.1 Å².